The minimum Gasteiger partial charge on any atom is -0.441 e. The Balaban J connectivity index is 1.28. The van der Waals surface area contributed by atoms with Crippen LogP contribution in [0.25, 0.3) is 11.5 Å². The molecule has 2 aliphatic heterocycles. The summed E-state index contributed by atoms with van der Waals surface area (Å²) in [5, 5.41) is 9.30. The zero-order valence-electron chi connectivity index (χ0n) is 19.8. The van der Waals surface area contributed by atoms with Gasteiger partial charge in [0.15, 0.2) is 0 Å². The van der Waals surface area contributed by atoms with Gasteiger partial charge in [-0.15, -0.1) is 0 Å². The number of anilines is 1. The van der Waals surface area contributed by atoms with Gasteiger partial charge in [-0.1, -0.05) is 12.1 Å². The van der Waals surface area contributed by atoms with E-state index in [2.05, 4.69) is 33.1 Å². The Hall–Kier alpha value is -3.66. The summed E-state index contributed by atoms with van der Waals surface area (Å²) in [6.07, 6.45) is 5.31. The number of carbonyl (C=O) groups is 1. The van der Waals surface area contributed by atoms with Gasteiger partial charge < -0.3 is 14.2 Å². The molecule has 34 heavy (non-hydrogen) atoms. The van der Waals surface area contributed by atoms with Crippen molar-refractivity contribution in [2.24, 2.45) is 5.41 Å². The highest BCUT2D eigenvalue weighted by molar-refractivity contribution is 5.84. The molecule has 3 aromatic rings. The van der Waals surface area contributed by atoms with Gasteiger partial charge in [-0.25, -0.2) is 9.97 Å². The summed E-state index contributed by atoms with van der Waals surface area (Å²) < 4.78 is 5.67. The number of rotatable bonds is 4. The number of hydrogen-bond acceptors (Lipinski definition) is 6. The number of hydrogen-bond donors (Lipinski definition) is 0. The van der Waals surface area contributed by atoms with Gasteiger partial charge in [0.25, 0.3) is 0 Å². The maximum absolute atomic E-state index is 13.7. The molecule has 1 amide bonds. The van der Waals surface area contributed by atoms with Gasteiger partial charge in [0.05, 0.1) is 23.2 Å². The molecule has 2 fully saturated rings. The number of benzene rings is 1. The summed E-state index contributed by atoms with van der Waals surface area (Å²) in [7, 11) is 0. The van der Waals surface area contributed by atoms with Gasteiger partial charge in [0.1, 0.15) is 11.6 Å². The quantitative estimate of drug-likeness (QED) is 0.570. The van der Waals surface area contributed by atoms with Crippen molar-refractivity contribution in [2.75, 3.05) is 24.5 Å². The molecule has 0 unspecified atom stereocenters. The number of oxazole rings is 1. The molecule has 2 saturated heterocycles. The van der Waals surface area contributed by atoms with E-state index in [0.29, 0.717) is 18.0 Å². The summed E-state index contributed by atoms with van der Waals surface area (Å²) >= 11 is 0. The fourth-order valence-electron chi connectivity index (χ4n) is 5.32. The van der Waals surface area contributed by atoms with E-state index in [1.165, 1.54) is 0 Å². The van der Waals surface area contributed by atoms with E-state index in [4.69, 9.17) is 4.42 Å². The monoisotopic (exact) mass is 455 g/mol. The Morgan fingerprint density at radius 2 is 1.94 bits per heavy atom. The van der Waals surface area contributed by atoms with Crippen LogP contribution in [0.3, 0.4) is 0 Å². The van der Waals surface area contributed by atoms with E-state index in [9.17, 15) is 10.1 Å². The van der Waals surface area contributed by atoms with Crippen LogP contribution in [0.2, 0.25) is 0 Å². The van der Waals surface area contributed by atoms with E-state index in [-0.39, 0.29) is 11.3 Å². The number of amides is 1. The van der Waals surface area contributed by atoms with E-state index >= 15 is 0 Å². The lowest BCUT2D eigenvalue weighted by Gasteiger charge is -2.46. The molecule has 0 bridgehead atoms. The molecule has 4 heterocycles. The number of aromatic nitrogens is 2. The first kappa shape index (κ1) is 22.1. The molecule has 1 spiro atoms. The number of piperidine rings is 2. The smallest absolute Gasteiger partial charge is 0.229 e. The zero-order chi connectivity index (χ0) is 23.7. The fourth-order valence-corrected chi connectivity index (χ4v) is 5.32. The van der Waals surface area contributed by atoms with Crippen molar-refractivity contribution in [3.8, 4) is 17.5 Å². The van der Waals surface area contributed by atoms with Crippen molar-refractivity contribution >= 4 is 11.7 Å². The van der Waals surface area contributed by atoms with Crippen LogP contribution in [0.4, 0.5) is 5.82 Å². The second kappa shape index (κ2) is 8.94. The van der Waals surface area contributed by atoms with E-state index in [1.54, 1.807) is 12.3 Å². The molecule has 2 aliphatic rings. The van der Waals surface area contributed by atoms with Gasteiger partial charge in [-0.05, 0) is 69.4 Å². The fraction of sp³-hybridized carbons (Fsp3) is 0.407. The predicted molar refractivity (Wildman–Crippen MR) is 129 cm³/mol. The molecular weight excluding hydrogens is 426 g/mol. The highest BCUT2D eigenvalue weighted by Crippen LogP contribution is 2.42. The molecule has 0 atom stereocenters. The van der Waals surface area contributed by atoms with Crippen molar-refractivity contribution in [3.05, 3.63) is 65.2 Å². The van der Waals surface area contributed by atoms with E-state index in [0.717, 1.165) is 73.7 Å². The van der Waals surface area contributed by atoms with Gasteiger partial charge >= 0.3 is 0 Å². The summed E-state index contributed by atoms with van der Waals surface area (Å²) in [5.74, 6) is 2.50. The number of carbonyl (C=O) groups excluding carboxylic acids is 1. The lowest BCUT2D eigenvalue weighted by molar-refractivity contribution is -0.148. The molecule has 0 saturated carbocycles. The summed E-state index contributed by atoms with van der Waals surface area (Å²) in [6.45, 7) is 6.74. The van der Waals surface area contributed by atoms with Crippen LogP contribution in [-0.4, -0.2) is 40.4 Å². The maximum atomic E-state index is 13.7. The van der Waals surface area contributed by atoms with E-state index < -0.39 is 0 Å². The standard InChI is InChI=1S/C27H29N5O2/c1-19-13-22(16-28)15-24(30-19)31-11-8-27(9-12-31)7-4-10-32(26(27)33)18-21-5-3-6-23(14-21)25-29-17-20(2)34-25/h3,5-6,13-15,17H,4,7-12,18H2,1-2H3. The first-order valence-electron chi connectivity index (χ1n) is 11.9. The van der Waals surface area contributed by atoms with Gasteiger partial charge in [0.2, 0.25) is 11.8 Å². The number of aryl methyl sites for hydroxylation is 2. The van der Waals surface area contributed by atoms with Crippen LogP contribution in [-0.2, 0) is 11.3 Å². The summed E-state index contributed by atoms with van der Waals surface area (Å²) in [5.41, 5.74) is 3.19. The van der Waals surface area contributed by atoms with Crippen LogP contribution in [0.5, 0.6) is 0 Å². The molecule has 0 aliphatic carbocycles. The van der Waals surface area contributed by atoms with Crippen molar-refractivity contribution in [3.63, 3.8) is 0 Å². The van der Waals surface area contributed by atoms with Crippen molar-refractivity contribution in [1.82, 2.24) is 14.9 Å². The highest BCUT2D eigenvalue weighted by atomic mass is 16.4. The molecule has 7 heteroatoms. The predicted octanol–water partition coefficient (Wildman–Crippen LogP) is 4.63. The van der Waals surface area contributed by atoms with Crippen LogP contribution in [0.1, 0.15) is 48.3 Å². The summed E-state index contributed by atoms with van der Waals surface area (Å²) in [4.78, 5) is 26.9. The number of pyridine rings is 1. The summed E-state index contributed by atoms with van der Waals surface area (Å²) in [6, 6.07) is 14.0. The van der Waals surface area contributed by atoms with Crippen LogP contribution in [0.15, 0.2) is 47.0 Å². The first-order chi connectivity index (χ1) is 16.5. The largest absolute Gasteiger partial charge is 0.441 e. The van der Waals surface area contributed by atoms with Gasteiger partial charge in [-0.3, -0.25) is 4.79 Å². The average molecular weight is 456 g/mol. The van der Waals surface area contributed by atoms with E-state index in [1.807, 2.05) is 36.9 Å². The zero-order valence-corrected chi connectivity index (χ0v) is 19.8. The van der Waals surface area contributed by atoms with Gasteiger partial charge in [-0.2, -0.15) is 5.26 Å². The normalized spacial score (nSPS) is 17.7. The van der Waals surface area contributed by atoms with Gasteiger partial charge in [0, 0.05) is 37.4 Å². The molecule has 1 aromatic carbocycles. The van der Waals surface area contributed by atoms with Crippen molar-refractivity contribution in [1.29, 1.82) is 5.26 Å². The lowest BCUT2D eigenvalue weighted by atomic mass is 9.71. The average Bonchev–Trinajstić information content (AvgIpc) is 3.29. The third-order valence-corrected chi connectivity index (χ3v) is 7.11. The molecule has 5 rings (SSSR count). The Morgan fingerprint density at radius 3 is 2.68 bits per heavy atom. The van der Waals surface area contributed by atoms with Crippen molar-refractivity contribution in [2.45, 2.75) is 46.1 Å². The Bertz CT molecular complexity index is 1250. The Morgan fingerprint density at radius 1 is 1.12 bits per heavy atom. The van der Waals surface area contributed by atoms with Crippen LogP contribution in [0, 0.1) is 30.6 Å². The lowest BCUT2D eigenvalue weighted by Crippen LogP contribution is -2.53. The van der Waals surface area contributed by atoms with Crippen LogP contribution < -0.4 is 4.90 Å². The maximum Gasteiger partial charge on any atom is 0.229 e. The molecule has 0 radical (unpaired) electrons. The second-order valence-corrected chi connectivity index (χ2v) is 9.54. The SMILES string of the molecule is Cc1cc(C#N)cc(N2CCC3(CCCN(Cc4cccc(-c5ncc(C)o5)c4)C3=O)CC2)n1. The molecular formula is C27H29N5O2. The number of nitriles is 1. The van der Waals surface area contributed by atoms with Crippen LogP contribution >= 0.6 is 0 Å². The first-order valence-corrected chi connectivity index (χ1v) is 11.9. The Kier molecular flexibility index (Phi) is 5.82. The topological polar surface area (TPSA) is 86.3 Å². The molecule has 0 N–H and O–H groups in total. The minimum atomic E-state index is -0.298. The highest BCUT2D eigenvalue weighted by Gasteiger charge is 2.45. The number of likely N-dealkylation sites (tertiary alicyclic amines) is 1. The minimum absolute atomic E-state index is 0.269. The molecule has 7 nitrogen and oxygen atoms in total. The molecule has 174 valence electrons. The third-order valence-electron chi connectivity index (χ3n) is 7.11. The number of nitrogens with zero attached hydrogens (tertiary/aromatic N) is 5. The Labute approximate surface area is 200 Å². The third kappa shape index (κ3) is 4.28. The van der Waals surface area contributed by atoms with Crippen molar-refractivity contribution < 1.29 is 9.21 Å². The second-order valence-electron chi connectivity index (χ2n) is 9.54. The molecule has 2 aromatic heterocycles.